The summed E-state index contributed by atoms with van der Waals surface area (Å²) in [6.07, 6.45) is 1.17. The van der Waals surface area contributed by atoms with Gasteiger partial charge in [0.1, 0.15) is 11.8 Å². The first-order valence-electron chi connectivity index (χ1n) is 13.7. The number of nitrogens with zero attached hydrogens (tertiary/aromatic N) is 2. The molecule has 0 radical (unpaired) electrons. The molecule has 1 saturated carbocycles. The Morgan fingerprint density at radius 1 is 1.07 bits per heavy atom. The normalized spacial score (nSPS) is 15.2. The van der Waals surface area contributed by atoms with E-state index in [1.54, 1.807) is 25.1 Å². The Balaban J connectivity index is 1.76. The molecule has 1 unspecified atom stereocenters. The molecule has 0 aromatic heterocycles. The van der Waals surface area contributed by atoms with Crippen molar-refractivity contribution in [2.45, 2.75) is 76.7 Å². The Kier molecular flexibility index (Phi) is 11.1. The van der Waals surface area contributed by atoms with Gasteiger partial charge in [-0.05, 0) is 62.1 Å². The zero-order valence-electron chi connectivity index (χ0n) is 23.6. The number of nitrogens with one attached hydrogen (secondary N) is 1. The summed E-state index contributed by atoms with van der Waals surface area (Å²) in [5.41, 5.74) is -0.359. The summed E-state index contributed by atoms with van der Waals surface area (Å²) in [5.74, 6) is -0.0504. The Bertz CT molecular complexity index is 1300. The standard InChI is InChI=1S/C29H38F3N3O5S/c1-21(28(37)33-24-12-5-4-6-13-24)34(20-22-10-7-15-26(18-22)40-2)27(36)16-9-17-35(41(3,38)39)25-14-8-11-23(19-25)29(30,31)32/h7-8,10-11,14-15,18-19,21,24H,4-6,9,12-13,16-17,20H2,1-3H3,(H,33,37). The first-order chi connectivity index (χ1) is 19.3. The van der Waals surface area contributed by atoms with Crippen LogP contribution in [0.5, 0.6) is 5.75 Å². The van der Waals surface area contributed by atoms with E-state index in [0.29, 0.717) is 5.75 Å². The van der Waals surface area contributed by atoms with E-state index in [9.17, 15) is 31.2 Å². The van der Waals surface area contributed by atoms with Gasteiger partial charge in [-0.2, -0.15) is 13.2 Å². The van der Waals surface area contributed by atoms with Gasteiger partial charge >= 0.3 is 6.18 Å². The van der Waals surface area contributed by atoms with E-state index in [2.05, 4.69) is 5.32 Å². The number of amides is 2. The van der Waals surface area contributed by atoms with Crippen molar-refractivity contribution in [3.8, 4) is 5.75 Å². The Labute approximate surface area is 239 Å². The SMILES string of the molecule is COc1cccc(CN(C(=O)CCCN(c2cccc(C(F)(F)F)c2)S(C)(=O)=O)C(C)C(=O)NC2CCCCC2)c1. The second-order valence-corrected chi connectivity index (χ2v) is 12.3. The zero-order valence-corrected chi connectivity index (χ0v) is 24.4. The minimum absolute atomic E-state index is 0.0354. The van der Waals surface area contributed by atoms with Crippen LogP contribution in [0.3, 0.4) is 0 Å². The molecule has 1 aliphatic rings. The van der Waals surface area contributed by atoms with Gasteiger partial charge in [-0.3, -0.25) is 13.9 Å². The number of benzene rings is 2. The molecule has 12 heteroatoms. The second kappa shape index (κ2) is 14.1. The number of rotatable bonds is 12. The summed E-state index contributed by atoms with van der Waals surface area (Å²) < 4.78 is 70.8. The molecule has 1 fully saturated rings. The van der Waals surface area contributed by atoms with Gasteiger partial charge in [0.15, 0.2) is 0 Å². The number of methoxy groups -OCH3 is 1. The smallest absolute Gasteiger partial charge is 0.416 e. The van der Waals surface area contributed by atoms with E-state index < -0.39 is 27.8 Å². The van der Waals surface area contributed by atoms with Gasteiger partial charge in [0.2, 0.25) is 21.8 Å². The molecule has 1 aliphatic carbocycles. The summed E-state index contributed by atoms with van der Waals surface area (Å²) in [6, 6.07) is 10.5. The number of carbonyl (C=O) groups is 2. The summed E-state index contributed by atoms with van der Waals surface area (Å²) in [7, 11) is -2.41. The van der Waals surface area contributed by atoms with Crippen molar-refractivity contribution in [3.05, 3.63) is 59.7 Å². The molecule has 0 aliphatic heterocycles. The third-order valence-electron chi connectivity index (χ3n) is 7.22. The van der Waals surface area contributed by atoms with E-state index in [4.69, 9.17) is 4.74 Å². The number of ether oxygens (including phenoxy) is 1. The van der Waals surface area contributed by atoms with Gasteiger partial charge < -0.3 is 15.0 Å². The quantitative estimate of drug-likeness (QED) is 0.366. The van der Waals surface area contributed by atoms with Crippen LogP contribution in [0.4, 0.5) is 18.9 Å². The van der Waals surface area contributed by atoms with Crippen LogP contribution in [-0.2, 0) is 32.3 Å². The highest BCUT2D eigenvalue weighted by molar-refractivity contribution is 7.92. The van der Waals surface area contributed by atoms with Crippen LogP contribution in [0, 0.1) is 0 Å². The van der Waals surface area contributed by atoms with Crippen LogP contribution in [0.25, 0.3) is 0 Å². The van der Waals surface area contributed by atoms with Gasteiger partial charge in [0.05, 0.1) is 24.6 Å². The van der Waals surface area contributed by atoms with Crippen LogP contribution in [-0.4, -0.2) is 57.1 Å². The summed E-state index contributed by atoms with van der Waals surface area (Å²) in [4.78, 5) is 28.1. The molecular formula is C29H38F3N3O5S. The van der Waals surface area contributed by atoms with Crippen molar-refractivity contribution in [2.24, 2.45) is 0 Å². The molecule has 0 saturated heterocycles. The first-order valence-corrected chi connectivity index (χ1v) is 15.5. The van der Waals surface area contributed by atoms with Crippen LogP contribution in [0.1, 0.15) is 63.0 Å². The number of anilines is 1. The predicted molar refractivity (Wildman–Crippen MR) is 151 cm³/mol. The summed E-state index contributed by atoms with van der Waals surface area (Å²) >= 11 is 0. The topological polar surface area (TPSA) is 96.0 Å². The average molecular weight is 598 g/mol. The molecule has 1 N–H and O–H groups in total. The van der Waals surface area contributed by atoms with E-state index >= 15 is 0 Å². The molecule has 41 heavy (non-hydrogen) atoms. The van der Waals surface area contributed by atoms with Crippen molar-refractivity contribution in [2.75, 3.05) is 24.2 Å². The fourth-order valence-electron chi connectivity index (χ4n) is 4.96. The number of halogens is 3. The van der Waals surface area contributed by atoms with E-state index in [0.717, 1.165) is 66.4 Å². The maximum Gasteiger partial charge on any atom is 0.416 e. The highest BCUT2D eigenvalue weighted by Gasteiger charge is 2.32. The maximum atomic E-state index is 13.5. The molecule has 0 heterocycles. The molecule has 2 aromatic rings. The minimum atomic E-state index is -4.63. The van der Waals surface area contributed by atoms with Crippen molar-refractivity contribution in [3.63, 3.8) is 0 Å². The molecule has 1 atom stereocenters. The molecular weight excluding hydrogens is 559 g/mol. The highest BCUT2D eigenvalue weighted by Crippen LogP contribution is 2.32. The third kappa shape index (κ3) is 9.37. The number of carbonyl (C=O) groups excluding carboxylic acids is 2. The average Bonchev–Trinajstić information content (AvgIpc) is 2.93. The third-order valence-corrected chi connectivity index (χ3v) is 8.41. The molecule has 2 aromatic carbocycles. The zero-order chi connectivity index (χ0) is 30.2. The van der Waals surface area contributed by atoms with E-state index in [1.807, 2.05) is 6.07 Å². The second-order valence-electron chi connectivity index (χ2n) is 10.4. The Morgan fingerprint density at radius 3 is 2.39 bits per heavy atom. The molecule has 8 nitrogen and oxygen atoms in total. The Hall–Kier alpha value is -3.28. The number of alkyl halides is 3. The fraction of sp³-hybridized carbons (Fsp3) is 0.517. The molecule has 3 rings (SSSR count). The van der Waals surface area contributed by atoms with E-state index in [1.165, 1.54) is 18.1 Å². The summed E-state index contributed by atoms with van der Waals surface area (Å²) in [5, 5.41) is 3.06. The van der Waals surface area contributed by atoms with Gasteiger partial charge in [0, 0.05) is 25.6 Å². The van der Waals surface area contributed by atoms with Crippen molar-refractivity contribution in [1.82, 2.24) is 10.2 Å². The van der Waals surface area contributed by atoms with E-state index in [-0.39, 0.29) is 49.5 Å². The summed E-state index contributed by atoms with van der Waals surface area (Å²) in [6.45, 7) is 1.57. The van der Waals surface area contributed by atoms with Crippen LogP contribution in [0.15, 0.2) is 48.5 Å². The lowest BCUT2D eigenvalue weighted by atomic mass is 9.95. The minimum Gasteiger partial charge on any atom is -0.497 e. The molecule has 2 amide bonds. The lowest BCUT2D eigenvalue weighted by molar-refractivity contribution is -0.141. The lowest BCUT2D eigenvalue weighted by Gasteiger charge is -2.31. The lowest BCUT2D eigenvalue weighted by Crippen LogP contribution is -2.50. The molecule has 226 valence electrons. The van der Waals surface area contributed by atoms with Crippen LogP contribution < -0.4 is 14.4 Å². The largest absolute Gasteiger partial charge is 0.497 e. The first kappa shape index (κ1) is 32.2. The van der Waals surface area contributed by atoms with Crippen LogP contribution >= 0.6 is 0 Å². The number of sulfonamides is 1. The predicted octanol–water partition coefficient (Wildman–Crippen LogP) is 5.13. The molecule has 0 spiro atoms. The van der Waals surface area contributed by atoms with Crippen LogP contribution in [0.2, 0.25) is 0 Å². The number of hydrogen-bond donors (Lipinski definition) is 1. The highest BCUT2D eigenvalue weighted by atomic mass is 32.2. The van der Waals surface area contributed by atoms with Gasteiger partial charge in [-0.1, -0.05) is 37.5 Å². The van der Waals surface area contributed by atoms with Crippen molar-refractivity contribution < 1.29 is 35.9 Å². The van der Waals surface area contributed by atoms with Crippen molar-refractivity contribution >= 4 is 27.5 Å². The fourth-order valence-corrected chi connectivity index (χ4v) is 5.92. The van der Waals surface area contributed by atoms with Gasteiger partial charge in [-0.15, -0.1) is 0 Å². The van der Waals surface area contributed by atoms with Gasteiger partial charge in [-0.25, -0.2) is 8.42 Å². The maximum absolute atomic E-state index is 13.5. The van der Waals surface area contributed by atoms with Gasteiger partial charge in [0.25, 0.3) is 0 Å². The van der Waals surface area contributed by atoms with Crippen molar-refractivity contribution in [1.29, 1.82) is 0 Å². The monoisotopic (exact) mass is 597 g/mol. The number of hydrogen-bond acceptors (Lipinski definition) is 5. The Morgan fingerprint density at radius 2 is 1.76 bits per heavy atom. The molecule has 0 bridgehead atoms.